The van der Waals surface area contributed by atoms with Crippen LogP contribution in [0.15, 0.2) is 0 Å². The lowest BCUT2D eigenvalue weighted by molar-refractivity contribution is -0.132. The standard InChI is InChI=1S/C14H26N2O3S/c1-4-12-14(17)16(13(15-12)8-10(2)3)11-6-5-7-20(18,19)9-11/h10-13,15H,4-9H2,1-3H3. The molecule has 2 heterocycles. The number of hydrogen-bond acceptors (Lipinski definition) is 4. The van der Waals surface area contributed by atoms with Crippen LogP contribution < -0.4 is 5.32 Å². The van der Waals surface area contributed by atoms with Crippen molar-refractivity contribution >= 4 is 15.7 Å². The smallest absolute Gasteiger partial charge is 0.241 e. The van der Waals surface area contributed by atoms with Gasteiger partial charge in [0, 0.05) is 6.04 Å². The summed E-state index contributed by atoms with van der Waals surface area (Å²) in [5, 5.41) is 3.38. The Balaban J connectivity index is 2.18. The molecule has 2 aliphatic rings. The van der Waals surface area contributed by atoms with Gasteiger partial charge in [0.2, 0.25) is 5.91 Å². The predicted molar refractivity (Wildman–Crippen MR) is 79.0 cm³/mol. The predicted octanol–water partition coefficient (Wildman–Crippen LogP) is 1.15. The molecule has 0 radical (unpaired) electrons. The minimum absolute atomic E-state index is 0.00856. The second-order valence-electron chi connectivity index (χ2n) is 6.43. The van der Waals surface area contributed by atoms with Crippen molar-refractivity contribution in [1.29, 1.82) is 0 Å². The van der Waals surface area contributed by atoms with Crippen LogP contribution in [0.2, 0.25) is 0 Å². The van der Waals surface area contributed by atoms with E-state index in [0.29, 0.717) is 12.3 Å². The summed E-state index contributed by atoms with van der Waals surface area (Å²) in [5.41, 5.74) is 0. The summed E-state index contributed by atoms with van der Waals surface area (Å²) in [6, 6.07) is -0.294. The van der Waals surface area contributed by atoms with Gasteiger partial charge in [-0.05, 0) is 31.6 Å². The normalized spacial score (nSPS) is 33.9. The molecule has 3 atom stereocenters. The average molecular weight is 302 g/mol. The summed E-state index contributed by atoms with van der Waals surface area (Å²) in [6.45, 7) is 6.24. The fraction of sp³-hybridized carbons (Fsp3) is 0.929. The lowest BCUT2D eigenvalue weighted by Crippen LogP contribution is -2.50. The van der Waals surface area contributed by atoms with Gasteiger partial charge in [0.15, 0.2) is 9.84 Å². The molecule has 6 heteroatoms. The molecule has 0 saturated carbocycles. The number of hydrogen-bond donors (Lipinski definition) is 1. The molecule has 0 aromatic heterocycles. The van der Waals surface area contributed by atoms with Crippen LogP contribution in [0.5, 0.6) is 0 Å². The van der Waals surface area contributed by atoms with E-state index in [1.165, 1.54) is 0 Å². The van der Waals surface area contributed by atoms with E-state index in [0.717, 1.165) is 19.3 Å². The molecule has 116 valence electrons. The minimum atomic E-state index is -2.99. The number of amides is 1. The van der Waals surface area contributed by atoms with Crippen molar-refractivity contribution < 1.29 is 13.2 Å². The highest BCUT2D eigenvalue weighted by Crippen LogP contribution is 2.27. The third-order valence-corrected chi connectivity index (χ3v) is 6.02. The Labute approximate surface area is 122 Å². The van der Waals surface area contributed by atoms with E-state index >= 15 is 0 Å². The van der Waals surface area contributed by atoms with Gasteiger partial charge in [-0.2, -0.15) is 0 Å². The first-order valence-corrected chi connectivity index (χ1v) is 9.45. The van der Waals surface area contributed by atoms with Gasteiger partial charge in [0.25, 0.3) is 0 Å². The zero-order valence-electron chi connectivity index (χ0n) is 12.6. The average Bonchev–Trinajstić information content (AvgIpc) is 2.63. The van der Waals surface area contributed by atoms with E-state index in [4.69, 9.17) is 0 Å². The Hall–Kier alpha value is -0.620. The second-order valence-corrected chi connectivity index (χ2v) is 8.66. The Morgan fingerprint density at radius 1 is 1.40 bits per heavy atom. The minimum Gasteiger partial charge on any atom is -0.322 e. The maximum atomic E-state index is 12.5. The number of sulfone groups is 1. The molecule has 2 aliphatic heterocycles. The molecule has 0 spiro atoms. The van der Waals surface area contributed by atoms with Crippen molar-refractivity contribution in [2.75, 3.05) is 11.5 Å². The molecule has 2 fully saturated rings. The SMILES string of the molecule is CCC1NC(CC(C)C)N(C2CCCS(=O)(=O)C2)C1=O. The van der Waals surface area contributed by atoms with Crippen LogP contribution in [0.1, 0.15) is 46.5 Å². The summed E-state index contributed by atoms with van der Waals surface area (Å²) in [7, 11) is -2.99. The lowest BCUT2D eigenvalue weighted by Gasteiger charge is -2.35. The second kappa shape index (κ2) is 6.02. The van der Waals surface area contributed by atoms with E-state index in [1.54, 1.807) is 0 Å². The fourth-order valence-corrected chi connectivity index (χ4v) is 4.98. The molecule has 0 aliphatic carbocycles. The summed E-state index contributed by atoms with van der Waals surface area (Å²) in [4.78, 5) is 14.3. The molecule has 2 saturated heterocycles. The van der Waals surface area contributed by atoms with Gasteiger partial charge in [-0.25, -0.2) is 8.42 Å². The van der Waals surface area contributed by atoms with Crippen LogP contribution in [-0.2, 0) is 14.6 Å². The Morgan fingerprint density at radius 3 is 2.65 bits per heavy atom. The molecule has 1 N–H and O–H groups in total. The van der Waals surface area contributed by atoms with Gasteiger partial charge in [-0.1, -0.05) is 20.8 Å². The number of rotatable bonds is 4. The Bertz CT molecular complexity index is 461. The maximum Gasteiger partial charge on any atom is 0.241 e. The van der Waals surface area contributed by atoms with Crippen LogP contribution in [0, 0.1) is 5.92 Å². The first-order chi connectivity index (χ1) is 9.34. The molecular weight excluding hydrogens is 276 g/mol. The summed E-state index contributed by atoms with van der Waals surface area (Å²) < 4.78 is 23.7. The molecule has 0 bridgehead atoms. The van der Waals surface area contributed by atoms with Gasteiger partial charge in [0.1, 0.15) is 0 Å². The van der Waals surface area contributed by atoms with Crippen molar-refractivity contribution in [2.24, 2.45) is 5.92 Å². The number of nitrogens with zero attached hydrogens (tertiary/aromatic N) is 1. The quantitative estimate of drug-likeness (QED) is 0.846. The first-order valence-electron chi connectivity index (χ1n) is 7.62. The monoisotopic (exact) mass is 302 g/mol. The van der Waals surface area contributed by atoms with Crippen LogP contribution >= 0.6 is 0 Å². The largest absolute Gasteiger partial charge is 0.322 e. The fourth-order valence-electron chi connectivity index (χ4n) is 3.29. The van der Waals surface area contributed by atoms with Gasteiger partial charge >= 0.3 is 0 Å². The van der Waals surface area contributed by atoms with Gasteiger partial charge in [-0.3, -0.25) is 10.1 Å². The van der Waals surface area contributed by atoms with E-state index in [1.807, 2.05) is 11.8 Å². The molecule has 20 heavy (non-hydrogen) atoms. The van der Waals surface area contributed by atoms with Gasteiger partial charge in [-0.15, -0.1) is 0 Å². The van der Waals surface area contributed by atoms with Crippen LogP contribution in [0.25, 0.3) is 0 Å². The van der Waals surface area contributed by atoms with Crippen molar-refractivity contribution in [1.82, 2.24) is 10.2 Å². The molecule has 2 rings (SSSR count). The van der Waals surface area contributed by atoms with Crippen LogP contribution in [0.3, 0.4) is 0 Å². The van der Waals surface area contributed by atoms with Crippen molar-refractivity contribution in [3.8, 4) is 0 Å². The van der Waals surface area contributed by atoms with Gasteiger partial charge < -0.3 is 4.90 Å². The van der Waals surface area contributed by atoms with Crippen molar-refractivity contribution in [3.63, 3.8) is 0 Å². The molecule has 3 unspecified atom stereocenters. The first kappa shape index (κ1) is 15.8. The Morgan fingerprint density at radius 2 is 2.10 bits per heavy atom. The van der Waals surface area contributed by atoms with Crippen LogP contribution in [-0.4, -0.2) is 49.0 Å². The third kappa shape index (κ3) is 3.34. The molecular formula is C14H26N2O3S. The molecule has 0 aromatic rings. The van der Waals surface area contributed by atoms with E-state index < -0.39 is 9.84 Å². The van der Waals surface area contributed by atoms with Gasteiger partial charge in [0.05, 0.1) is 23.7 Å². The number of carbonyl (C=O) groups excluding carboxylic acids is 1. The van der Waals surface area contributed by atoms with Crippen LogP contribution in [0.4, 0.5) is 0 Å². The summed E-state index contributed by atoms with van der Waals surface area (Å²) in [6.07, 6.45) is 3.09. The van der Waals surface area contributed by atoms with E-state index in [9.17, 15) is 13.2 Å². The molecule has 0 aromatic carbocycles. The van der Waals surface area contributed by atoms with Crippen molar-refractivity contribution in [3.05, 3.63) is 0 Å². The summed E-state index contributed by atoms with van der Waals surface area (Å²) in [5.74, 6) is 0.954. The number of carbonyl (C=O) groups is 1. The maximum absolute atomic E-state index is 12.5. The van der Waals surface area contributed by atoms with E-state index in [2.05, 4.69) is 19.2 Å². The highest BCUT2D eigenvalue weighted by molar-refractivity contribution is 7.91. The lowest BCUT2D eigenvalue weighted by atomic mass is 10.1. The van der Waals surface area contributed by atoms with E-state index in [-0.39, 0.29) is 35.7 Å². The zero-order valence-corrected chi connectivity index (χ0v) is 13.4. The highest BCUT2D eigenvalue weighted by atomic mass is 32.2. The third-order valence-electron chi connectivity index (χ3n) is 4.22. The topological polar surface area (TPSA) is 66.5 Å². The van der Waals surface area contributed by atoms with Crippen molar-refractivity contribution in [2.45, 2.75) is 64.7 Å². The number of nitrogens with one attached hydrogen (secondary N) is 1. The zero-order chi connectivity index (χ0) is 14.9. The molecule has 1 amide bonds. The molecule has 5 nitrogen and oxygen atoms in total. The summed E-state index contributed by atoms with van der Waals surface area (Å²) >= 11 is 0. The Kier molecular flexibility index (Phi) is 4.74. The highest BCUT2D eigenvalue weighted by Gasteiger charge is 2.43.